The van der Waals surface area contributed by atoms with Crippen LogP contribution in [0.25, 0.3) is 0 Å². The summed E-state index contributed by atoms with van der Waals surface area (Å²) < 4.78 is 0.951. The summed E-state index contributed by atoms with van der Waals surface area (Å²) >= 11 is 3.32. The summed E-state index contributed by atoms with van der Waals surface area (Å²) in [6.07, 6.45) is 0. The van der Waals surface area contributed by atoms with Gasteiger partial charge < -0.3 is 10.8 Å². The summed E-state index contributed by atoms with van der Waals surface area (Å²) in [6.45, 7) is 3.25. The third kappa shape index (κ3) is 2.58. The average Bonchev–Trinajstić information content (AvgIpc) is 2.17. The van der Waals surface area contributed by atoms with E-state index in [9.17, 15) is 4.79 Å². The lowest BCUT2D eigenvalue weighted by Gasteiger charge is -2.27. The maximum atomic E-state index is 11.0. The van der Waals surface area contributed by atoms with Crippen molar-refractivity contribution >= 4 is 21.9 Å². The van der Waals surface area contributed by atoms with Gasteiger partial charge >= 0.3 is 5.97 Å². The first-order chi connectivity index (χ1) is 6.85. The Morgan fingerprint density at radius 3 is 2.27 bits per heavy atom. The van der Waals surface area contributed by atoms with E-state index in [0.29, 0.717) is 0 Å². The van der Waals surface area contributed by atoms with E-state index < -0.39 is 17.4 Å². The molecule has 82 valence electrons. The van der Waals surface area contributed by atoms with Crippen molar-refractivity contribution < 1.29 is 9.90 Å². The minimum atomic E-state index is -0.964. The molecule has 4 heteroatoms. The van der Waals surface area contributed by atoms with Crippen LogP contribution >= 0.6 is 15.9 Å². The van der Waals surface area contributed by atoms with Crippen molar-refractivity contribution in [3.63, 3.8) is 0 Å². The fourth-order valence-electron chi connectivity index (χ4n) is 1.22. The van der Waals surface area contributed by atoms with Gasteiger partial charge in [0.1, 0.15) is 0 Å². The number of aliphatic carboxylic acids is 1. The fourth-order valence-corrected chi connectivity index (χ4v) is 1.48. The normalized spacial score (nSPS) is 13.6. The Morgan fingerprint density at radius 1 is 1.40 bits per heavy atom. The van der Waals surface area contributed by atoms with Crippen LogP contribution in [0.15, 0.2) is 28.7 Å². The van der Waals surface area contributed by atoms with Gasteiger partial charge in [-0.1, -0.05) is 28.1 Å². The molecule has 0 radical (unpaired) electrons. The van der Waals surface area contributed by atoms with Gasteiger partial charge in [0, 0.05) is 10.5 Å². The lowest BCUT2D eigenvalue weighted by Crippen LogP contribution is -2.36. The lowest BCUT2D eigenvalue weighted by atomic mass is 9.81. The smallest absolute Gasteiger partial charge is 0.311 e. The molecular formula is C11H14BrNO2. The van der Waals surface area contributed by atoms with Crippen LogP contribution in [0.4, 0.5) is 0 Å². The molecule has 1 unspecified atom stereocenters. The van der Waals surface area contributed by atoms with Crippen molar-refractivity contribution in [2.45, 2.75) is 19.9 Å². The quantitative estimate of drug-likeness (QED) is 0.888. The molecule has 3 N–H and O–H groups in total. The van der Waals surface area contributed by atoms with Crippen LogP contribution in [0.1, 0.15) is 25.5 Å². The molecule has 0 amide bonds. The number of carbonyl (C=O) groups is 1. The number of halogens is 1. The number of benzene rings is 1. The summed E-state index contributed by atoms with van der Waals surface area (Å²) in [6, 6.07) is 6.86. The van der Waals surface area contributed by atoms with E-state index in [1.165, 1.54) is 0 Å². The molecule has 0 spiro atoms. The van der Waals surface area contributed by atoms with Crippen LogP contribution in [0, 0.1) is 5.41 Å². The predicted octanol–water partition coefficient (Wildman–Crippen LogP) is 2.56. The van der Waals surface area contributed by atoms with Gasteiger partial charge in [0.15, 0.2) is 0 Å². The maximum absolute atomic E-state index is 11.0. The SMILES string of the molecule is CC(C)(C(=O)O)C(N)c1ccc(Br)cc1. The highest BCUT2D eigenvalue weighted by Crippen LogP contribution is 2.31. The van der Waals surface area contributed by atoms with E-state index in [1.54, 1.807) is 13.8 Å². The minimum Gasteiger partial charge on any atom is -0.481 e. The molecule has 0 bridgehead atoms. The highest BCUT2D eigenvalue weighted by molar-refractivity contribution is 9.10. The van der Waals surface area contributed by atoms with Crippen molar-refractivity contribution in [2.24, 2.45) is 11.1 Å². The van der Waals surface area contributed by atoms with Gasteiger partial charge in [-0.15, -0.1) is 0 Å². The van der Waals surface area contributed by atoms with Gasteiger partial charge in [-0.2, -0.15) is 0 Å². The number of rotatable bonds is 3. The molecule has 3 nitrogen and oxygen atoms in total. The Morgan fingerprint density at radius 2 is 1.87 bits per heavy atom. The Bertz CT molecular complexity index is 359. The third-order valence-electron chi connectivity index (χ3n) is 2.56. The highest BCUT2D eigenvalue weighted by Gasteiger charge is 2.35. The summed E-state index contributed by atoms with van der Waals surface area (Å²) in [7, 11) is 0. The lowest BCUT2D eigenvalue weighted by molar-refractivity contribution is -0.148. The highest BCUT2D eigenvalue weighted by atomic mass is 79.9. The molecule has 0 saturated heterocycles. The van der Waals surface area contributed by atoms with Crippen molar-refractivity contribution in [1.29, 1.82) is 0 Å². The van der Waals surface area contributed by atoms with Crippen molar-refractivity contribution in [3.05, 3.63) is 34.3 Å². The van der Waals surface area contributed by atoms with Gasteiger partial charge in [-0.3, -0.25) is 4.79 Å². The van der Waals surface area contributed by atoms with E-state index in [1.807, 2.05) is 24.3 Å². The van der Waals surface area contributed by atoms with Crippen molar-refractivity contribution in [3.8, 4) is 0 Å². The molecule has 0 aliphatic heterocycles. The maximum Gasteiger partial charge on any atom is 0.311 e. The molecule has 0 heterocycles. The molecule has 1 rings (SSSR count). The molecule has 1 atom stereocenters. The van der Waals surface area contributed by atoms with Crippen LogP contribution in [-0.4, -0.2) is 11.1 Å². The van der Waals surface area contributed by atoms with E-state index in [0.717, 1.165) is 10.0 Å². The minimum absolute atomic E-state index is 0.511. The number of hydrogen-bond donors (Lipinski definition) is 2. The standard InChI is InChI=1S/C11H14BrNO2/c1-11(2,10(14)15)9(13)7-3-5-8(12)6-4-7/h3-6,9H,13H2,1-2H3,(H,14,15). The first kappa shape index (κ1) is 12.2. The summed E-state index contributed by atoms with van der Waals surface area (Å²) in [4.78, 5) is 11.0. The van der Waals surface area contributed by atoms with E-state index in [4.69, 9.17) is 10.8 Å². The molecule has 0 aliphatic carbocycles. The van der Waals surface area contributed by atoms with Crippen LogP contribution < -0.4 is 5.73 Å². The van der Waals surface area contributed by atoms with Gasteiger partial charge in [-0.05, 0) is 31.5 Å². The second-order valence-electron chi connectivity index (χ2n) is 4.06. The number of carboxylic acids is 1. The van der Waals surface area contributed by atoms with E-state index in [-0.39, 0.29) is 0 Å². The third-order valence-corrected chi connectivity index (χ3v) is 3.09. The van der Waals surface area contributed by atoms with E-state index in [2.05, 4.69) is 15.9 Å². The molecule has 1 aromatic carbocycles. The molecule has 0 fully saturated rings. The van der Waals surface area contributed by atoms with Crippen LogP contribution in [0.2, 0.25) is 0 Å². The summed E-state index contributed by atoms with van der Waals surface area (Å²) in [5.41, 5.74) is 5.79. The molecule has 0 saturated carbocycles. The first-order valence-corrected chi connectivity index (χ1v) is 5.39. The fraction of sp³-hybridized carbons (Fsp3) is 0.364. The van der Waals surface area contributed by atoms with Gasteiger partial charge in [0.2, 0.25) is 0 Å². The second kappa shape index (κ2) is 4.33. The summed E-state index contributed by atoms with van der Waals surface area (Å²) in [5.74, 6) is -0.891. The molecule has 1 aromatic rings. The Hall–Kier alpha value is -0.870. The number of nitrogens with two attached hydrogens (primary N) is 1. The van der Waals surface area contributed by atoms with Crippen LogP contribution in [0.3, 0.4) is 0 Å². The van der Waals surface area contributed by atoms with E-state index >= 15 is 0 Å². The largest absolute Gasteiger partial charge is 0.481 e. The van der Waals surface area contributed by atoms with Crippen LogP contribution in [-0.2, 0) is 4.79 Å². The zero-order chi connectivity index (χ0) is 11.6. The number of carboxylic acid groups (broad SMARTS) is 1. The monoisotopic (exact) mass is 271 g/mol. The Balaban J connectivity index is 2.99. The Labute approximate surface area is 97.4 Å². The molecule has 0 aromatic heterocycles. The van der Waals surface area contributed by atoms with Crippen LogP contribution in [0.5, 0.6) is 0 Å². The topological polar surface area (TPSA) is 63.3 Å². The van der Waals surface area contributed by atoms with Crippen molar-refractivity contribution in [2.75, 3.05) is 0 Å². The van der Waals surface area contributed by atoms with Gasteiger partial charge in [0.05, 0.1) is 5.41 Å². The number of hydrogen-bond acceptors (Lipinski definition) is 2. The average molecular weight is 272 g/mol. The zero-order valence-corrected chi connectivity index (χ0v) is 10.3. The summed E-state index contributed by atoms with van der Waals surface area (Å²) in [5, 5.41) is 9.04. The molecule has 15 heavy (non-hydrogen) atoms. The second-order valence-corrected chi connectivity index (χ2v) is 4.97. The molecule has 0 aliphatic rings. The first-order valence-electron chi connectivity index (χ1n) is 4.60. The predicted molar refractivity (Wildman–Crippen MR) is 62.5 cm³/mol. The van der Waals surface area contributed by atoms with Gasteiger partial charge in [0.25, 0.3) is 0 Å². The Kier molecular flexibility index (Phi) is 3.52. The molecular weight excluding hydrogens is 258 g/mol. The van der Waals surface area contributed by atoms with Crippen molar-refractivity contribution in [1.82, 2.24) is 0 Å². The van der Waals surface area contributed by atoms with Gasteiger partial charge in [-0.25, -0.2) is 0 Å². The zero-order valence-electron chi connectivity index (χ0n) is 8.70.